The van der Waals surface area contributed by atoms with Crippen LogP contribution in [-0.4, -0.2) is 11.7 Å². The van der Waals surface area contributed by atoms with Crippen LogP contribution in [0.4, 0.5) is 4.39 Å². The van der Waals surface area contributed by atoms with E-state index in [9.17, 15) is 9.50 Å². The highest BCUT2D eigenvalue weighted by atomic mass is 79.9. The van der Waals surface area contributed by atoms with Crippen molar-refractivity contribution in [1.29, 1.82) is 0 Å². The average molecular weight is 274 g/mol. The molecular formula is C11H13BrFNO. The molecule has 1 saturated heterocycles. The second kappa shape index (κ2) is 3.76. The molecule has 0 bridgehead atoms. The first-order valence-corrected chi connectivity index (χ1v) is 5.76. The fourth-order valence-electron chi connectivity index (χ4n) is 2.17. The molecule has 15 heavy (non-hydrogen) atoms. The van der Waals surface area contributed by atoms with Gasteiger partial charge >= 0.3 is 0 Å². The van der Waals surface area contributed by atoms with E-state index < -0.39 is 5.82 Å². The van der Waals surface area contributed by atoms with Gasteiger partial charge in [0.05, 0.1) is 0 Å². The quantitative estimate of drug-likeness (QED) is 0.825. The third-order valence-corrected chi connectivity index (χ3v) is 3.66. The summed E-state index contributed by atoms with van der Waals surface area (Å²) < 4.78 is 14.0. The van der Waals surface area contributed by atoms with Gasteiger partial charge in [-0.3, -0.25) is 0 Å². The van der Waals surface area contributed by atoms with Gasteiger partial charge in [0.25, 0.3) is 0 Å². The van der Waals surface area contributed by atoms with Gasteiger partial charge in [0.2, 0.25) is 0 Å². The van der Waals surface area contributed by atoms with Gasteiger partial charge in [0.1, 0.15) is 0 Å². The van der Waals surface area contributed by atoms with Crippen LogP contribution in [0.15, 0.2) is 16.6 Å². The number of benzene rings is 1. The van der Waals surface area contributed by atoms with E-state index in [1.165, 1.54) is 6.07 Å². The Morgan fingerprint density at radius 2 is 2.27 bits per heavy atom. The second-order valence-electron chi connectivity index (χ2n) is 4.12. The highest BCUT2D eigenvalue weighted by Crippen LogP contribution is 2.41. The molecule has 1 unspecified atom stereocenters. The van der Waals surface area contributed by atoms with Crippen molar-refractivity contribution in [3.63, 3.8) is 0 Å². The molecule has 0 radical (unpaired) electrons. The number of hydrogen-bond donors (Lipinski definition) is 2. The molecule has 82 valence electrons. The molecule has 2 rings (SSSR count). The molecular weight excluding hydrogens is 261 g/mol. The summed E-state index contributed by atoms with van der Waals surface area (Å²) in [4.78, 5) is 0. The minimum absolute atomic E-state index is 0.249. The lowest BCUT2D eigenvalue weighted by Gasteiger charge is -2.27. The van der Waals surface area contributed by atoms with Crippen molar-refractivity contribution >= 4 is 15.9 Å². The molecule has 1 aliphatic heterocycles. The van der Waals surface area contributed by atoms with Gasteiger partial charge in [-0.15, -0.1) is 0 Å². The lowest BCUT2D eigenvalue weighted by atomic mass is 9.89. The smallest absolute Gasteiger partial charge is 0.165 e. The van der Waals surface area contributed by atoms with Gasteiger partial charge in [-0.1, -0.05) is 15.9 Å². The molecule has 0 aromatic heterocycles. The van der Waals surface area contributed by atoms with Crippen molar-refractivity contribution in [3.05, 3.63) is 28.0 Å². The minimum atomic E-state index is -0.567. The van der Waals surface area contributed by atoms with Gasteiger partial charge in [-0.2, -0.15) is 0 Å². The molecule has 0 amide bonds. The number of phenols is 1. The number of aromatic hydroxyl groups is 1. The van der Waals surface area contributed by atoms with E-state index in [0.717, 1.165) is 23.9 Å². The highest BCUT2D eigenvalue weighted by Gasteiger charge is 2.35. The number of rotatable bonds is 1. The summed E-state index contributed by atoms with van der Waals surface area (Å²) in [6.45, 7) is 2.89. The van der Waals surface area contributed by atoms with Crippen molar-refractivity contribution < 1.29 is 9.50 Å². The van der Waals surface area contributed by atoms with Crippen molar-refractivity contribution in [1.82, 2.24) is 5.32 Å². The van der Waals surface area contributed by atoms with Crippen LogP contribution in [0.1, 0.15) is 25.3 Å². The van der Waals surface area contributed by atoms with Gasteiger partial charge in [0.15, 0.2) is 11.6 Å². The first-order valence-electron chi connectivity index (χ1n) is 4.97. The van der Waals surface area contributed by atoms with Crippen LogP contribution >= 0.6 is 15.9 Å². The first-order chi connectivity index (χ1) is 7.04. The number of hydrogen-bond acceptors (Lipinski definition) is 2. The Labute approximate surface area is 96.6 Å². The van der Waals surface area contributed by atoms with Crippen LogP contribution in [0.2, 0.25) is 0 Å². The summed E-state index contributed by atoms with van der Waals surface area (Å²) in [6, 6.07) is 2.90. The van der Waals surface area contributed by atoms with E-state index in [2.05, 4.69) is 21.2 Å². The van der Waals surface area contributed by atoms with Crippen LogP contribution in [0.3, 0.4) is 0 Å². The van der Waals surface area contributed by atoms with Crippen LogP contribution in [0.25, 0.3) is 0 Å². The molecule has 4 heteroatoms. The Morgan fingerprint density at radius 3 is 2.87 bits per heavy atom. The molecule has 1 aromatic carbocycles. The molecule has 0 spiro atoms. The molecule has 1 aromatic rings. The molecule has 2 N–H and O–H groups in total. The van der Waals surface area contributed by atoms with Crippen LogP contribution in [0.5, 0.6) is 5.75 Å². The zero-order valence-electron chi connectivity index (χ0n) is 8.48. The van der Waals surface area contributed by atoms with Crippen LogP contribution in [-0.2, 0) is 5.54 Å². The standard InChI is InChI=1S/C11H13BrFNO/c1-11(5-2-6-14-11)9-7(12)3-4-8(13)10(9)15/h3-4,14-15H,2,5-6H2,1H3. The fraction of sp³-hybridized carbons (Fsp3) is 0.455. The van der Waals surface area contributed by atoms with Gasteiger partial charge in [0, 0.05) is 15.6 Å². The topological polar surface area (TPSA) is 32.3 Å². The molecule has 0 aliphatic carbocycles. The van der Waals surface area contributed by atoms with Crippen molar-refractivity contribution in [2.45, 2.75) is 25.3 Å². The van der Waals surface area contributed by atoms with Crippen molar-refractivity contribution in [2.75, 3.05) is 6.54 Å². The molecule has 1 aliphatic rings. The first kappa shape index (κ1) is 10.9. The summed E-state index contributed by atoms with van der Waals surface area (Å²) in [5.74, 6) is -0.815. The second-order valence-corrected chi connectivity index (χ2v) is 4.97. The normalized spacial score (nSPS) is 25.8. The van der Waals surface area contributed by atoms with Gasteiger partial charge in [-0.05, 0) is 38.4 Å². The van der Waals surface area contributed by atoms with Crippen molar-refractivity contribution in [3.8, 4) is 5.75 Å². The lowest BCUT2D eigenvalue weighted by molar-refractivity contribution is 0.373. The maximum absolute atomic E-state index is 13.3. The Morgan fingerprint density at radius 1 is 1.53 bits per heavy atom. The average Bonchev–Trinajstić information content (AvgIpc) is 2.60. The van der Waals surface area contributed by atoms with E-state index in [1.807, 2.05) is 6.92 Å². The molecule has 2 nitrogen and oxygen atoms in total. The maximum Gasteiger partial charge on any atom is 0.165 e. The summed E-state index contributed by atoms with van der Waals surface area (Å²) >= 11 is 3.36. The summed E-state index contributed by atoms with van der Waals surface area (Å²) in [6.07, 6.45) is 1.95. The molecule has 0 saturated carbocycles. The van der Waals surface area contributed by atoms with E-state index >= 15 is 0 Å². The Bertz CT molecular complexity index is 388. The zero-order valence-corrected chi connectivity index (χ0v) is 10.1. The lowest BCUT2D eigenvalue weighted by Crippen LogP contribution is -2.33. The Balaban J connectivity index is 2.55. The molecule has 1 fully saturated rings. The summed E-state index contributed by atoms with van der Waals surface area (Å²) in [5, 5.41) is 13.1. The van der Waals surface area contributed by atoms with E-state index in [1.54, 1.807) is 6.07 Å². The number of nitrogens with one attached hydrogen (secondary N) is 1. The number of halogens is 2. The third kappa shape index (κ3) is 1.76. The monoisotopic (exact) mass is 273 g/mol. The predicted octanol–water partition coefficient (Wildman–Crippen LogP) is 2.89. The van der Waals surface area contributed by atoms with E-state index in [-0.39, 0.29) is 11.3 Å². The van der Waals surface area contributed by atoms with E-state index in [0.29, 0.717) is 5.56 Å². The van der Waals surface area contributed by atoms with Crippen LogP contribution in [0, 0.1) is 5.82 Å². The van der Waals surface area contributed by atoms with Gasteiger partial charge in [-0.25, -0.2) is 4.39 Å². The third-order valence-electron chi connectivity index (χ3n) is 3.00. The largest absolute Gasteiger partial charge is 0.505 e. The maximum atomic E-state index is 13.3. The molecule has 1 atom stereocenters. The Hall–Kier alpha value is -0.610. The SMILES string of the molecule is CC1(c2c(Br)ccc(F)c2O)CCCN1. The zero-order chi connectivity index (χ0) is 11.1. The summed E-state index contributed by atoms with van der Waals surface area (Å²) in [5.41, 5.74) is 0.297. The van der Waals surface area contributed by atoms with Gasteiger partial charge < -0.3 is 10.4 Å². The van der Waals surface area contributed by atoms with Crippen LogP contribution < -0.4 is 5.32 Å². The minimum Gasteiger partial charge on any atom is -0.505 e. The Kier molecular flexibility index (Phi) is 2.73. The van der Waals surface area contributed by atoms with Crippen molar-refractivity contribution in [2.24, 2.45) is 0 Å². The fourth-order valence-corrected chi connectivity index (χ4v) is 2.93. The molecule has 1 heterocycles. The highest BCUT2D eigenvalue weighted by molar-refractivity contribution is 9.10. The predicted molar refractivity (Wildman–Crippen MR) is 60.4 cm³/mol. The van der Waals surface area contributed by atoms with E-state index in [4.69, 9.17) is 0 Å². The number of phenolic OH excluding ortho intramolecular Hbond substituents is 1. The summed E-state index contributed by atoms with van der Waals surface area (Å²) in [7, 11) is 0.